The second-order valence-electron chi connectivity index (χ2n) is 15.0. The van der Waals surface area contributed by atoms with Crippen LogP contribution in [0.15, 0.2) is 0 Å². The molecule has 1 aliphatic carbocycles. The third-order valence-electron chi connectivity index (χ3n) is 11.3. The van der Waals surface area contributed by atoms with Gasteiger partial charge in [0.25, 0.3) is 0 Å². The molecule has 0 heterocycles. The summed E-state index contributed by atoms with van der Waals surface area (Å²) in [4.78, 5) is 15.3. The Labute approximate surface area is 276 Å². The van der Waals surface area contributed by atoms with Gasteiger partial charge in [0.15, 0.2) is 0 Å². The van der Waals surface area contributed by atoms with E-state index in [9.17, 15) is 0 Å². The van der Waals surface area contributed by atoms with Crippen molar-refractivity contribution in [2.75, 3.05) is 121 Å². The van der Waals surface area contributed by atoms with Gasteiger partial charge in [0, 0.05) is 5.25 Å². The molecular weight excluding hydrogens is 549 g/mol. The van der Waals surface area contributed by atoms with Gasteiger partial charge in [0.1, 0.15) is 0 Å². The summed E-state index contributed by atoms with van der Waals surface area (Å²) in [7, 11) is 13.6. The van der Waals surface area contributed by atoms with Crippen molar-refractivity contribution in [3.63, 3.8) is 0 Å². The highest BCUT2D eigenvalue weighted by atomic mass is 32.1. The summed E-state index contributed by atoms with van der Waals surface area (Å²) < 4.78 is 0. The minimum absolute atomic E-state index is 0.222. The van der Waals surface area contributed by atoms with Crippen molar-refractivity contribution >= 4 is 12.6 Å². The third kappa shape index (κ3) is 13.0. The van der Waals surface area contributed by atoms with Gasteiger partial charge in [-0.25, -0.2) is 0 Å². The monoisotopic (exact) mass is 627 g/mol. The highest BCUT2D eigenvalue weighted by Gasteiger charge is 2.58. The van der Waals surface area contributed by atoms with Crippen LogP contribution >= 0.6 is 12.6 Å². The minimum atomic E-state index is 0.222. The lowest BCUT2D eigenvalue weighted by atomic mass is 9.47. The first-order valence-corrected chi connectivity index (χ1v) is 18.6. The van der Waals surface area contributed by atoms with Gasteiger partial charge in [0.05, 0.1) is 0 Å². The van der Waals surface area contributed by atoms with Gasteiger partial charge >= 0.3 is 0 Å². The molecule has 6 nitrogen and oxygen atoms in total. The molecule has 0 aliphatic heterocycles. The topological polar surface area (TPSA) is 19.4 Å². The van der Waals surface area contributed by atoms with Crippen LogP contribution in [-0.2, 0) is 0 Å². The smallest absolute Gasteiger partial charge is 0.0132 e. The molecule has 1 fully saturated rings. The molecule has 1 rings (SSSR count). The van der Waals surface area contributed by atoms with Crippen LogP contribution in [0.3, 0.4) is 0 Å². The molecule has 1 aliphatic rings. The molecule has 0 amide bonds. The fourth-order valence-electron chi connectivity index (χ4n) is 8.16. The van der Waals surface area contributed by atoms with E-state index in [1.807, 2.05) is 0 Å². The van der Waals surface area contributed by atoms with Gasteiger partial charge in [-0.3, -0.25) is 0 Å². The summed E-state index contributed by atoms with van der Waals surface area (Å²) in [6.45, 7) is 28.0. The van der Waals surface area contributed by atoms with E-state index in [1.165, 1.54) is 77.5 Å². The number of nitrogens with zero attached hydrogens (tertiary/aromatic N) is 6. The van der Waals surface area contributed by atoms with Crippen molar-refractivity contribution in [2.45, 2.75) is 98.2 Å². The molecule has 258 valence electrons. The van der Waals surface area contributed by atoms with E-state index in [0.717, 1.165) is 52.4 Å². The lowest BCUT2D eigenvalue weighted by Gasteiger charge is -2.62. The predicted octanol–water partition coefficient (Wildman–Crippen LogP) is 6.09. The van der Waals surface area contributed by atoms with E-state index in [4.69, 9.17) is 12.6 Å². The van der Waals surface area contributed by atoms with E-state index in [-0.39, 0.29) is 10.8 Å². The molecule has 0 aromatic rings. The summed E-state index contributed by atoms with van der Waals surface area (Å²) in [6, 6.07) is 0. The minimum Gasteiger partial charge on any atom is -0.309 e. The van der Waals surface area contributed by atoms with Gasteiger partial charge in [-0.05, 0) is 188 Å². The molecule has 2 unspecified atom stereocenters. The van der Waals surface area contributed by atoms with Crippen molar-refractivity contribution in [1.29, 1.82) is 0 Å². The molecule has 0 aromatic carbocycles. The SMILES string of the molecule is CCN(CC)CCC1(CCN(C)C)CC(CCN(C)C)(CCN(CC)CC)C(S)C(CCN(C)C)(CCN(CC)CC)C1. The third-order valence-corrected chi connectivity index (χ3v) is 12.4. The molecule has 0 aromatic heterocycles. The average molecular weight is 627 g/mol. The molecule has 43 heavy (non-hydrogen) atoms. The second kappa shape index (κ2) is 20.4. The fraction of sp³-hybridized carbons (Fsp3) is 1.00. The van der Waals surface area contributed by atoms with Crippen LogP contribution in [0.2, 0.25) is 0 Å². The summed E-state index contributed by atoms with van der Waals surface area (Å²) in [5, 5.41) is 0.409. The number of hydrogen-bond acceptors (Lipinski definition) is 7. The summed E-state index contributed by atoms with van der Waals surface area (Å²) in [5.41, 5.74) is 0.774. The summed E-state index contributed by atoms with van der Waals surface area (Å²) >= 11 is 5.89. The van der Waals surface area contributed by atoms with Crippen LogP contribution in [0, 0.1) is 16.2 Å². The van der Waals surface area contributed by atoms with E-state index in [2.05, 4.69) is 113 Å². The molecule has 1 saturated carbocycles. The van der Waals surface area contributed by atoms with E-state index < -0.39 is 0 Å². The average Bonchev–Trinajstić information content (AvgIpc) is 2.98. The van der Waals surface area contributed by atoms with E-state index >= 15 is 0 Å². The Bertz CT molecular complexity index is 664. The highest BCUT2D eigenvalue weighted by Crippen LogP contribution is 2.64. The quantitative estimate of drug-likeness (QED) is 0.130. The molecule has 0 bridgehead atoms. The molecule has 0 radical (unpaired) electrons. The van der Waals surface area contributed by atoms with Crippen molar-refractivity contribution in [1.82, 2.24) is 29.4 Å². The molecule has 0 N–H and O–H groups in total. The van der Waals surface area contributed by atoms with Gasteiger partial charge in [-0.15, -0.1) is 0 Å². The first-order chi connectivity index (χ1) is 20.3. The van der Waals surface area contributed by atoms with Gasteiger partial charge in [0.2, 0.25) is 0 Å². The summed E-state index contributed by atoms with van der Waals surface area (Å²) in [5.74, 6) is 0. The molecule has 7 heteroatoms. The van der Waals surface area contributed by atoms with Crippen LogP contribution in [0.4, 0.5) is 0 Å². The van der Waals surface area contributed by atoms with Gasteiger partial charge in [-0.2, -0.15) is 12.6 Å². The zero-order chi connectivity index (χ0) is 32.7. The Kier molecular flexibility index (Phi) is 19.5. The second-order valence-corrected chi connectivity index (χ2v) is 15.5. The lowest BCUT2D eigenvalue weighted by molar-refractivity contribution is -0.0701. The molecule has 0 spiro atoms. The number of thiol groups is 1. The maximum Gasteiger partial charge on any atom is 0.0132 e. The van der Waals surface area contributed by atoms with Crippen LogP contribution in [-0.4, -0.2) is 155 Å². The Balaban J connectivity index is 3.88. The molecule has 2 atom stereocenters. The van der Waals surface area contributed by atoms with Gasteiger partial charge in [-0.1, -0.05) is 41.5 Å². The molecule has 0 saturated heterocycles. The normalized spacial score (nSPS) is 26.7. The van der Waals surface area contributed by atoms with Crippen LogP contribution in [0.1, 0.15) is 92.9 Å². The van der Waals surface area contributed by atoms with E-state index in [1.54, 1.807) is 0 Å². The highest BCUT2D eigenvalue weighted by molar-refractivity contribution is 7.81. The van der Waals surface area contributed by atoms with Crippen LogP contribution in [0.5, 0.6) is 0 Å². The van der Waals surface area contributed by atoms with Gasteiger partial charge < -0.3 is 29.4 Å². The summed E-state index contributed by atoms with van der Waals surface area (Å²) in [6.07, 6.45) is 10.3. The first kappa shape index (κ1) is 41.1. The number of rotatable bonds is 24. The van der Waals surface area contributed by atoms with Crippen molar-refractivity contribution < 1.29 is 0 Å². The lowest BCUT2D eigenvalue weighted by Crippen LogP contribution is -2.58. The Hall–Kier alpha value is 0.110. The van der Waals surface area contributed by atoms with Crippen molar-refractivity contribution in [3.05, 3.63) is 0 Å². The maximum absolute atomic E-state index is 5.89. The largest absolute Gasteiger partial charge is 0.309 e. The number of hydrogen-bond donors (Lipinski definition) is 1. The van der Waals surface area contributed by atoms with Crippen LogP contribution in [0.25, 0.3) is 0 Å². The standard InChI is InChI=1S/C36H78N6S/c1-13-40(14-2)28-20-34(19-25-37(7)8)31-35(21-26-38(9)10,23-29-41(15-3)16-4)33(43)36(32-34,22-27-39(11)12)24-30-42(17-5)18-6/h33,43H,13-32H2,1-12H3. The zero-order valence-corrected chi connectivity index (χ0v) is 32.2. The molecular formula is C36H78N6S. The Morgan fingerprint density at radius 3 is 1.00 bits per heavy atom. The zero-order valence-electron chi connectivity index (χ0n) is 31.3. The fourth-order valence-corrected chi connectivity index (χ4v) is 8.86. The predicted molar refractivity (Wildman–Crippen MR) is 196 cm³/mol. The van der Waals surface area contributed by atoms with E-state index in [0.29, 0.717) is 10.7 Å². The maximum atomic E-state index is 5.89. The van der Waals surface area contributed by atoms with Crippen molar-refractivity contribution in [2.24, 2.45) is 16.2 Å². The Morgan fingerprint density at radius 1 is 0.442 bits per heavy atom. The van der Waals surface area contributed by atoms with Crippen LogP contribution < -0.4 is 0 Å². The first-order valence-electron chi connectivity index (χ1n) is 18.1. The van der Waals surface area contributed by atoms with Crippen molar-refractivity contribution in [3.8, 4) is 0 Å². The Morgan fingerprint density at radius 2 is 0.698 bits per heavy atom.